The molecule has 0 saturated carbocycles. The monoisotopic (exact) mass is 365 g/mol. The Balaban J connectivity index is 2.11. The molecule has 3 rings (SSSR count). The van der Waals surface area contributed by atoms with Gasteiger partial charge in [0.05, 0.1) is 0 Å². The number of benzene rings is 2. The van der Waals surface area contributed by atoms with E-state index in [0.29, 0.717) is 5.89 Å². The van der Waals surface area contributed by atoms with Gasteiger partial charge in [-0.1, -0.05) is 50.1 Å². The normalized spacial score (nSPS) is 11.0. The molecule has 0 aliphatic carbocycles. The summed E-state index contributed by atoms with van der Waals surface area (Å²) in [6.07, 6.45) is 0. The molecule has 0 radical (unpaired) electrons. The molecule has 1 heterocycles. The van der Waals surface area contributed by atoms with Gasteiger partial charge < -0.3 is 4.42 Å². The average Bonchev–Trinajstić information content (AvgIpc) is 2.82. The average molecular weight is 367 g/mol. The van der Waals surface area contributed by atoms with E-state index in [9.17, 15) is 0 Å². The molecule has 1 aromatic heterocycles. The summed E-state index contributed by atoms with van der Waals surface area (Å²) in [5, 5.41) is 0.821. The first-order valence-corrected chi connectivity index (χ1v) is 7.40. The smallest absolute Gasteiger partial charge is 0.227 e. The van der Waals surface area contributed by atoms with Gasteiger partial charge in [-0.05, 0) is 29.8 Å². The Morgan fingerprint density at radius 3 is 2.67 bits per heavy atom. The third-order valence-corrected chi connectivity index (χ3v) is 4.08. The molecule has 0 N–H and O–H groups in total. The second-order valence-corrected chi connectivity index (χ2v) is 5.34. The van der Waals surface area contributed by atoms with Crippen molar-refractivity contribution >= 4 is 43.0 Å². The number of halogens is 2. The number of aromatic nitrogens is 1. The Morgan fingerprint density at radius 1 is 1.11 bits per heavy atom. The van der Waals surface area contributed by atoms with Crippen molar-refractivity contribution < 1.29 is 4.42 Å². The van der Waals surface area contributed by atoms with Gasteiger partial charge in [0.25, 0.3) is 0 Å². The van der Waals surface area contributed by atoms with E-state index in [1.807, 2.05) is 36.4 Å². The molecule has 0 unspecified atom stereocenters. The maximum Gasteiger partial charge on any atom is 0.227 e. The summed E-state index contributed by atoms with van der Waals surface area (Å²) in [6, 6.07) is 13.9. The van der Waals surface area contributed by atoms with Crippen molar-refractivity contribution in [1.82, 2.24) is 4.98 Å². The molecular formula is C14H9Br2NO. The van der Waals surface area contributed by atoms with Crippen LogP contribution >= 0.6 is 31.9 Å². The first-order valence-electron chi connectivity index (χ1n) is 5.48. The number of hydrogen-bond donors (Lipinski definition) is 0. The molecule has 0 amide bonds. The molecule has 0 aliphatic heterocycles. The Morgan fingerprint density at radius 2 is 1.94 bits per heavy atom. The third-order valence-electron chi connectivity index (χ3n) is 2.74. The van der Waals surface area contributed by atoms with Crippen LogP contribution in [-0.2, 0) is 5.33 Å². The molecule has 0 bridgehead atoms. The first kappa shape index (κ1) is 11.9. The van der Waals surface area contributed by atoms with Gasteiger partial charge in [0, 0.05) is 15.4 Å². The van der Waals surface area contributed by atoms with Crippen LogP contribution < -0.4 is 0 Å². The molecule has 2 aromatic carbocycles. The molecular weight excluding hydrogens is 358 g/mol. The molecule has 3 aromatic rings. The summed E-state index contributed by atoms with van der Waals surface area (Å²) in [6.45, 7) is 0. The van der Waals surface area contributed by atoms with Gasteiger partial charge in [0.2, 0.25) is 5.89 Å². The van der Waals surface area contributed by atoms with Gasteiger partial charge in [-0.2, -0.15) is 0 Å². The van der Waals surface area contributed by atoms with Crippen molar-refractivity contribution in [2.45, 2.75) is 5.33 Å². The predicted octanol–water partition coefficient (Wildman–Crippen LogP) is 5.15. The van der Waals surface area contributed by atoms with Crippen molar-refractivity contribution in [3.05, 3.63) is 52.5 Å². The lowest BCUT2D eigenvalue weighted by Crippen LogP contribution is -1.83. The maximum absolute atomic E-state index is 5.74. The van der Waals surface area contributed by atoms with Crippen LogP contribution in [0.25, 0.3) is 22.6 Å². The Labute approximate surface area is 121 Å². The lowest BCUT2D eigenvalue weighted by atomic mass is 10.1. The molecule has 90 valence electrons. The summed E-state index contributed by atoms with van der Waals surface area (Å²) in [4.78, 5) is 4.48. The van der Waals surface area contributed by atoms with E-state index >= 15 is 0 Å². The topological polar surface area (TPSA) is 26.0 Å². The summed E-state index contributed by atoms with van der Waals surface area (Å²) < 4.78 is 6.79. The zero-order chi connectivity index (χ0) is 12.5. The Bertz CT molecular complexity index is 673. The highest BCUT2D eigenvalue weighted by Gasteiger charge is 2.09. The van der Waals surface area contributed by atoms with Crippen LogP contribution in [0.1, 0.15) is 5.56 Å². The third kappa shape index (κ3) is 2.10. The van der Waals surface area contributed by atoms with Crippen LogP contribution in [0, 0.1) is 0 Å². The number of hydrogen-bond acceptors (Lipinski definition) is 2. The number of fused-ring (bicyclic) bond motifs is 1. The van der Waals surface area contributed by atoms with Crippen molar-refractivity contribution in [3.8, 4) is 11.5 Å². The largest absolute Gasteiger partial charge is 0.436 e. The zero-order valence-corrected chi connectivity index (χ0v) is 12.5. The fraction of sp³-hybridized carbons (Fsp3) is 0.0714. The molecule has 0 spiro atoms. The van der Waals surface area contributed by atoms with Crippen LogP contribution in [0.5, 0.6) is 0 Å². The lowest BCUT2D eigenvalue weighted by Gasteiger charge is -2.01. The van der Waals surface area contributed by atoms with E-state index in [0.717, 1.165) is 26.5 Å². The van der Waals surface area contributed by atoms with Crippen molar-refractivity contribution in [1.29, 1.82) is 0 Å². The van der Waals surface area contributed by atoms with Crippen LogP contribution in [-0.4, -0.2) is 4.98 Å². The summed E-state index contributed by atoms with van der Waals surface area (Å²) >= 11 is 7.00. The minimum atomic E-state index is 0.651. The SMILES string of the molecule is BrCc1ccc(-c2nc3ccccc3o2)cc1Br. The summed E-state index contributed by atoms with van der Waals surface area (Å²) in [5.41, 5.74) is 3.87. The lowest BCUT2D eigenvalue weighted by molar-refractivity contribution is 0.620. The molecule has 0 aliphatic rings. The predicted molar refractivity (Wildman–Crippen MR) is 79.8 cm³/mol. The van der Waals surface area contributed by atoms with Gasteiger partial charge in [0.15, 0.2) is 5.58 Å². The van der Waals surface area contributed by atoms with Crippen molar-refractivity contribution in [2.75, 3.05) is 0 Å². The highest BCUT2D eigenvalue weighted by molar-refractivity contribution is 9.10. The minimum Gasteiger partial charge on any atom is -0.436 e. The van der Waals surface area contributed by atoms with Gasteiger partial charge in [-0.3, -0.25) is 0 Å². The molecule has 18 heavy (non-hydrogen) atoms. The molecule has 0 saturated heterocycles. The highest BCUT2D eigenvalue weighted by Crippen LogP contribution is 2.28. The molecule has 0 fully saturated rings. The maximum atomic E-state index is 5.74. The Hall–Kier alpha value is -1.13. The minimum absolute atomic E-state index is 0.651. The zero-order valence-electron chi connectivity index (χ0n) is 9.36. The standard InChI is InChI=1S/C14H9Br2NO/c15-8-10-6-5-9(7-11(10)16)14-17-12-3-1-2-4-13(12)18-14/h1-7H,8H2. The molecule has 4 heteroatoms. The summed E-state index contributed by atoms with van der Waals surface area (Å²) in [5.74, 6) is 0.651. The van der Waals surface area contributed by atoms with Crippen LogP contribution in [0.4, 0.5) is 0 Å². The van der Waals surface area contributed by atoms with Crippen LogP contribution in [0.3, 0.4) is 0 Å². The van der Waals surface area contributed by atoms with Gasteiger partial charge in [-0.25, -0.2) is 4.98 Å². The molecule has 2 nitrogen and oxygen atoms in total. The van der Waals surface area contributed by atoms with Gasteiger partial charge in [0.1, 0.15) is 5.52 Å². The first-order chi connectivity index (χ1) is 8.78. The second kappa shape index (κ2) is 4.86. The van der Waals surface area contributed by atoms with Crippen molar-refractivity contribution in [2.24, 2.45) is 0 Å². The van der Waals surface area contributed by atoms with E-state index in [4.69, 9.17) is 4.42 Å². The number of oxazole rings is 1. The fourth-order valence-corrected chi connectivity index (χ4v) is 3.17. The van der Waals surface area contributed by atoms with E-state index < -0.39 is 0 Å². The Kier molecular flexibility index (Phi) is 3.22. The quantitative estimate of drug-likeness (QED) is 0.586. The molecule has 0 atom stereocenters. The van der Waals surface area contributed by atoms with E-state index in [2.05, 4.69) is 42.9 Å². The van der Waals surface area contributed by atoms with Crippen molar-refractivity contribution in [3.63, 3.8) is 0 Å². The van der Waals surface area contributed by atoms with Gasteiger partial charge >= 0.3 is 0 Å². The van der Waals surface area contributed by atoms with E-state index in [-0.39, 0.29) is 0 Å². The summed E-state index contributed by atoms with van der Waals surface area (Å²) in [7, 11) is 0. The van der Waals surface area contributed by atoms with Gasteiger partial charge in [-0.15, -0.1) is 0 Å². The van der Waals surface area contributed by atoms with E-state index in [1.54, 1.807) is 0 Å². The van der Waals surface area contributed by atoms with Crippen LogP contribution in [0.15, 0.2) is 51.4 Å². The number of nitrogens with zero attached hydrogens (tertiary/aromatic N) is 1. The number of para-hydroxylation sites is 2. The van der Waals surface area contributed by atoms with Crippen LogP contribution in [0.2, 0.25) is 0 Å². The highest BCUT2D eigenvalue weighted by atomic mass is 79.9. The number of alkyl halides is 1. The fourth-order valence-electron chi connectivity index (χ4n) is 1.78. The van der Waals surface area contributed by atoms with E-state index in [1.165, 1.54) is 5.56 Å². The second-order valence-electron chi connectivity index (χ2n) is 3.93. The number of rotatable bonds is 2.